The Hall–Kier alpha value is -1.53. The molecule has 0 radical (unpaired) electrons. The van der Waals surface area contributed by atoms with Crippen LogP contribution in [0.4, 0.5) is 0 Å². The second-order valence-corrected chi connectivity index (χ2v) is 3.53. The van der Waals surface area contributed by atoms with Crippen molar-refractivity contribution < 1.29 is 5.11 Å². The molecular weight excluding hydrogens is 176 g/mol. The van der Waals surface area contributed by atoms with Gasteiger partial charge in [-0.25, -0.2) is 0 Å². The Morgan fingerprint density at radius 2 is 2.36 bits per heavy atom. The molecule has 0 spiro atoms. The summed E-state index contributed by atoms with van der Waals surface area (Å²) in [4.78, 5) is 0. The summed E-state index contributed by atoms with van der Waals surface area (Å²) >= 11 is 0. The smallest absolute Gasteiger partial charge is 0.120 e. The monoisotopic (exact) mass is 188 g/mol. The number of nitriles is 1. The van der Waals surface area contributed by atoms with Gasteiger partial charge in [-0.1, -0.05) is 0 Å². The van der Waals surface area contributed by atoms with E-state index in [9.17, 15) is 5.11 Å². The zero-order chi connectivity index (χ0) is 9.97. The normalized spacial score (nSPS) is 20.6. The summed E-state index contributed by atoms with van der Waals surface area (Å²) in [5.41, 5.74) is 1.45. The average Bonchev–Trinajstić information content (AvgIpc) is 2.71. The first-order valence-corrected chi connectivity index (χ1v) is 4.77. The molecule has 1 atom stereocenters. The van der Waals surface area contributed by atoms with Crippen LogP contribution in [0, 0.1) is 11.3 Å². The number of phenols is 1. The summed E-state index contributed by atoms with van der Waals surface area (Å²) in [7, 11) is 0. The maximum atomic E-state index is 9.64. The first-order valence-electron chi connectivity index (χ1n) is 4.77. The highest BCUT2D eigenvalue weighted by molar-refractivity contribution is 5.43. The Morgan fingerprint density at radius 1 is 1.50 bits per heavy atom. The molecule has 2 rings (SSSR count). The molecule has 14 heavy (non-hydrogen) atoms. The van der Waals surface area contributed by atoms with E-state index in [2.05, 4.69) is 11.4 Å². The fourth-order valence-corrected chi connectivity index (χ4v) is 1.85. The lowest BCUT2D eigenvalue weighted by atomic mass is 10.0. The van der Waals surface area contributed by atoms with E-state index in [4.69, 9.17) is 5.26 Å². The standard InChI is InChI=1S/C11H12N2O/c12-7-8-3-4-11(14)9(6-8)10-2-1-5-13-10/h3-4,6,10,13-14H,1-2,5H2/t10-/m1/s1. The van der Waals surface area contributed by atoms with Crippen LogP contribution in [0.15, 0.2) is 18.2 Å². The molecule has 0 aliphatic carbocycles. The summed E-state index contributed by atoms with van der Waals surface area (Å²) < 4.78 is 0. The van der Waals surface area contributed by atoms with Gasteiger partial charge in [-0.2, -0.15) is 5.26 Å². The first-order chi connectivity index (χ1) is 6.81. The molecule has 1 heterocycles. The summed E-state index contributed by atoms with van der Waals surface area (Å²) in [6.45, 7) is 0.987. The summed E-state index contributed by atoms with van der Waals surface area (Å²) in [6.07, 6.45) is 2.16. The second kappa shape index (κ2) is 3.69. The molecule has 1 saturated heterocycles. The predicted octanol–water partition coefficient (Wildman–Crippen LogP) is 1.69. The second-order valence-electron chi connectivity index (χ2n) is 3.53. The molecule has 1 fully saturated rings. The minimum Gasteiger partial charge on any atom is -0.508 e. The molecule has 1 aromatic carbocycles. The zero-order valence-electron chi connectivity index (χ0n) is 7.83. The Kier molecular flexibility index (Phi) is 2.38. The van der Waals surface area contributed by atoms with Crippen molar-refractivity contribution in [2.45, 2.75) is 18.9 Å². The highest BCUT2D eigenvalue weighted by Gasteiger charge is 2.19. The first kappa shape index (κ1) is 9.04. The molecule has 0 bridgehead atoms. The van der Waals surface area contributed by atoms with E-state index >= 15 is 0 Å². The van der Waals surface area contributed by atoms with Crippen LogP contribution in [0.1, 0.15) is 30.0 Å². The molecule has 2 N–H and O–H groups in total. The van der Waals surface area contributed by atoms with E-state index in [1.165, 1.54) is 0 Å². The average molecular weight is 188 g/mol. The minimum atomic E-state index is 0.211. The van der Waals surface area contributed by atoms with Gasteiger partial charge in [-0.3, -0.25) is 0 Å². The summed E-state index contributed by atoms with van der Waals surface area (Å²) in [6, 6.07) is 7.28. The molecule has 0 unspecified atom stereocenters. The van der Waals surface area contributed by atoms with Crippen molar-refractivity contribution in [3.05, 3.63) is 29.3 Å². The van der Waals surface area contributed by atoms with Gasteiger partial charge < -0.3 is 10.4 Å². The number of nitrogens with zero attached hydrogens (tertiary/aromatic N) is 1. The van der Waals surface area contributed by atoms with E-state index in [0.717, 1.165) is 24.9 Å². The van der Waals surface area contributed by atoms with Gasteiger partial charge in [-0.15, -0.1) is 0 Å². The number of aromatic hydroxyl groups is 1. The number of hydrogen-bond acceptors (Lipinski definition) is 3. The Morgan fingerprint density at radius 3 is 3.00 bits per heavy atom. The van der Waals surface area contributed by atoms with Gasteiger partial charge in [0.2, 0.25) is 0 Å². The number of nitrogens with one attached hydrogen (secondary N) is 1. The minimum absolute atomic E-state index is 0.211. The highest BCUT2D eigenvalue weighted by Crippen LogP contribution is 2.30. The van der Waals surface area contributed by atoms with Crippen LogP contribution < -0.4 is 5.32 Å². The topological polar surface area (TPSA) is 56.0 Å². The van der Waals surface area contributed by atoms with Crippen LogP contribution in [0.3, 0.4) is 0 Å². The van der Waals surface area contributed by atoms with Gasteiger partial charge in [0.15, 0.2) is 0 Å². The van der Waals surface area contributed by atoms with Crippen LogP contribution in [0.5, 0.6) is 5.75 Å². The van der Waals surface area contributed by atoms with Crippen LogP contribution in [-0.2, 0) is 0 Å². The van der Waals surface area contributed by atoms with Crippen LogP contribution in [-0.4, -0.2) is 11.7 Å². The van der Waals surface area contributed by atoms with Crippen LogP contribution >= 0.6 is 0 Å². The largest absolute Gasteiger partial charge is 0.508 e. The van der Waals surface area contributed by atoms with Gasteiger partial charge in [0.05, 0.1) is 11.6 Å². The molecule has 1 aliphatic rings. The molecule has 72 valence electrons. The summed E-state index contributed by atoms with van der Waals surface area (Å²) in [5.74, 6) is 0.281. The quantitative estimate of drug-likeness (QED) is 0.705. The van der Waals surface area contributed by atoms with Crippen molar-refractivity contribution in [1.29, 1.82) is 5.26 Å². The highest BCUT2D eigenvalue weighted by atomic mass is 16.3. The van der Waals surface area contributed by atoms with Gasteiger partial charge in [0.25, 0.3) is 0 Å². The number of rotatable bonds is 1. The molecule has 0 saturated carbocycles. The van der Waals surface area contributed by atoms with E-state index in [1.54, 1.807) is 18.2 Å². The SMILES string of the molecule is N#Cc1ccc(O)c([C@H]2CCCN2)c1. The van der Waals surface area contributed by atoms with Crippen molar-refractivity contribution in [3.8, 4) is 11.8 Å². The molecule has 3 nitrogen and oxygen atoms in total. The Bertz CT molecular complexity index is 375. The van der Waals surface area contributed by atoms with Gasteiger partial charge >= 0.3 is 0 Å². The van der Waals surface area contributed by atoms with Crippen molar-refractivity contribution >= 4 is 0 Å². The molecule has 0 aromatic heterocycles. The van der Waals surface area contributed by atoms with E-state index < -0.39 is 0 Å². The maximum Gasteiger partial charge on any atom is 0.120 e. The van der Waals surface area contributed by atoms with Crippen LogP contribution in [0.25, 0.3) is 0 Å². The van der Waals surface area contributed by atoms with Gasteiger partial charge in [-0.05, 0) is 37.6 Å². The third-order valence-corrected chi connectivity index (χ3v) is 2.59. The van der Waals surface area contributed by atoms with Crippen LogP contribution in [0.2, 0.25) is 0 Å². The number of hydrogen-bond donors (Lipinski definition) is 2. The third kappa shape index (κ3) is 1.57. The summed E-state index contributed by atoms with van der Waals surface area (Å²) in [5, 5.41) is 21.7. The fourth-order valence-electron chi connectivity index (χ4n) is 1.85. The lowest BCUT2D eigenvalue weighted by Crippen LogP contribution is -2.13. The third-order valence-electron chi connectivity index (χ3n) is 2.59. The van der Waals surface area contributed by atoms with Crippen molar-refractivity contribution in [2.75, 3.05) is 6.54 Å². The van der Waals surface area contributed by atoms with Crippen molar-refractivity contribution in [2.24, 2.45) is 0 Å². The Labute approximate surface area is 83.0 Å². The molecule has 3 heteroatoms. The Balaban J connectivity index is 2.35. The van der Waals surface area contributed by atoms with E-state index in [1.807, 2.05) is 0 Å². The van der Waals surface area contributed by atoms with Gasteiger partial charge in [0.1, 0.15) is 5.75 Å². The molecule has 1 aliphatic heterocycles. The van der Waals surface area contributed by atoms with Crippen molar-refractivity contribution in [1.82, 2.24) is 5.32 Å². The van der Waals surface area contributed by atoms with E-state index in [-0.39, 0.29) is 11.8 Å². The molecule has 1 aromatic rings. The zero-order valence-corrected chi connectivity index (χ0v) is 7.83. The molecular formula is C11H12N2O. The molecule has 0 amide bonds. The number of benzene rings is 1. The lowest BCUT2D eigenvalue weighted by molar-refractivity contribution is 0.457. The van der Waals surface area contributed by atoms with Gasteiger partial charge in [0, 0.05) is 11.6 Å². The fraction of sp³-hybridized carbons (Fsp3) is 0.364. The van der Waals surface area contributed by atoms with Crippen molar-refractivity contribution in [3.63, 3.8) is 0 Å². The predicted molar refractivity (Wildman–Crippen MR) is 52.8 cm³/mol. The maximum absolute atomic E-state index is 9.64. The number of phenolic OH excluding ortho intramolecular Hbond substituents is 1. The lowest BCUT2D eigenvalue weighted by Gasteiger charge is -2.12. The van der Waals surface area contributed by atoms with E-state index in [0.29, 0.717) is 5.56 Å².